The predicted octanol–water partition coefficient (Wildman–Crippen LogP) is 3.61. The molecule has 1 atom stereocenters. The first kappa shape index (κ1) is 17.2. The summed E-state index contributed by atoms with van der Waals surface area (Å²) < 4.78 is 4.94. The second-order valence-electron chi connectivity index (χ2n) is 4.84. The minimum atomic E-state index is -0.317. The Hall–Kier alpha value is -1.87. The van der Waals surface area contributed by atoms with Crippen molar-refractivity contribution in [3.63, 3.8) is 0 Å². The van der Waals surface area contributed by atoms with Crippen molar-refractivity contribution in [1.29, 1.82) is 0 Å². The molecule has 0 fully saturated rings. The number of aliphatic hydroxyl groups is 1. The number of methoxy groups -OCH3 is 1. The third-order valence-electron chi connectivity index (χ3n) is 3.26. The van der Waals surface area contributed by atoms with Gasteiger partial charge in [-0.2, -0.15) is 0 Å². The molecule has 1 rings (SSSR count). The lowest BCUT2D eigenvalue weighted by molar-refractivity contribution is -0.142. The summed E-state index contributed by atoms with van der Waals surface area (Å²) in [7, 11) is 1.41. The number of rotatable bonds is 8. The van der Waals surface area contributed by atoms with Crippen LogP contribution in [0.1, 0.15) is 37.7 Å². The zero-order chi connectivity index (χ0) is 15.5. The molecule has 0 aliphatic rings. The minimum absolute atomic E-state index is 0.00229. The van der Waals surface area contributed by atoms with Gasteiger partial charge in [-0.1, -0.05) is 67.5 Å². The molecule has 0 amide bonds. The molecule has 0 aromatic heterocycles. The first-order valence-corrected chi connectivity index (χ1v) is 7.32. The van der Waals surface area contributed by atoms with Gasteiger partial charge in [-0.3, -0.25) is 4.79 Å². The van der Waals surface area contributed by atoms with Gasteiger partial charge in [0.2, 0.25) is 0 Å². The van der Waals surface area contributed by atoms with E-state index in [-0.39, 0.29) is 18.5 Å². The molecule has 3 nitrogen and oxygen atoms in total. The zero-order valence-corrected chi connectivity index (χ0v) is 12.8. The van der Waals surface area contributed by atoms with Gasteiger partial charge in [0.15, 0.2) is 0 Å². The molecule has 21 heavy (non-hydrogen) atoms. The monoisotopic (exact) mass is 288 g/mol. The Labute approximate surface area is 127 Å². The average molecular weight is 288 g/mol. The lowest BCUT2D eigenvalue weighted by atomic mass is 9.91. The van der Waals surface area contributed by atoms with E-state index in [4.69, 9.17) is 9.84 Å². The van der Waals surface area contributed by atoms with E-state index in [9.17, 15) is 4.79 Å². The van der Waals surface area contributed by atoms with Crippen molar-refractivity contribution in [2.45, 2.75) is 32.1 Å². The summed E-state index contributed by atoms with van der Waals surface area (Å²) in [5, 5.41) is 8.94. The number of esters is 1. The van der Waals surface area contributed by atoms with Gasteiger partial charge in [-0.15, -0.1) is 0 Å². The van der Waals surface area contributed by atoms with Gasteiger partial charge in [0.05, 0.1) is 19.6 Å². The number of carbonyl (C=O) groups excluding carboxylic acids is 1. The molecule has 1 unspecified atom stereocenters. The van der Waals surface area contributed by atoms with Crippen LogP contribution in [0.5, 0.6) is 0 Å². The Morgan fingerprint density at radius 3 is 2.62 bits per heavy atom. The van der Waals surface area contributed by atoms with E-state index in [0.29, 0.717) is 6.42 Å². The summed E-state index contributed by atoms with van der Waals surface area (Å²) in [5.74, 6) is -0.552. The van der Waals surface area contributed by atoms with Crippen molar-refractivity contribution in [3.8, 4) is 0 Å². The molecule has 0 radical (unpaired) electrons. The summed E-state index contributed by atoms with van der Waals surface area (Å²) in [6, 6.07) is 9.65. The second-order valence-corrected chi connectivity index (χ2v) is 4.84. The zero-order valence-electron chi connectivity index (χ0n) is 12.8. The van der Waals surface area contributed by atoms with Crippen molar-refractivity contribution in [2.24, 2.45) is 0 Å². The fourth-order valence-corrected chi connectivity index (χ4v) is 2.15. The highest BCUT2D eigenvalue weighted by Crippen LogP contribution is 2.26. The van der Waals surface area contributed by atoms with Crippen LogP contribution in [0, 0.1) is 0 Å². The van der Waals surface area contributed by atoms with Crippen molar-refractivity contribution >= 4 is 5.97 Å². The normalized spacial score (nSPS) is 13.4. The third kappa shape index (κ3) is 5.96. The predicted molar refractivity (Wildman–Crippen MR) is 85.0 cm³/mol. The summed E-state index contributed by atoms with van der Waals surface area (Å²) in [6.45, 7) is 2.11. The number of ether oxygens (including phenoxy) is 1. The van der Waals surface area contributed by atoms with Crippen molar-refractivity contribution < 1.29 is 14.6 Å². The van der Waals surface area contributed by atoms with E-state index >= 15 is 0 Å². The molecule has 0 aliphatic carbocycles. The van der Waals surface area contributed by atoms with Gasteiger partial charge in [0.1, 0.15) is 0 Å². The topological polar surface area (TPSA) is 46.5 Å². The van der Waals surface area contributed by atoms with Crippen LogP contribution in [0.3, 0.4) is 0 Å². The van der Waals surface area contributed by atoms with Crippen LogP contribution < -0.4 is 0 Å². The summed E-state index contributed by atoms with van der Waals surface area (Å²) in [4.78, 5) is 12.1. The Morgan fingerprint density at radius 2 is 2.05 bits per heavy atom. The van der Waals surface area contributed by atoms with Crippen molar-refractivity contribution in [1.82, 2.24) is 0 Å². The molecule has 0 spiro atoms. The maximum absolute atomic E-state index is 12.1. The van der Waals surface area contributed by atoms with Crippen molar-refractivity contribution in [2.75, 3.05) is 13.7 Å². The minimum Gasteiger partial charge on any atom is -0.469 e. The van der Waals surface area contributed by atoms with E-state index in [1.54, 1.807) is 6.08 Å². The molecule has 1 aromatic rings. The number of allylic oxidation sites excluding steroid dienone is 3. The molecule has 1 N–H and O–H groups in total. The average Bonchev–Trinajstić information content (AvgIpc) is 2.54. The Balaban J connectivity index is 2.97. The number of benzene rings is 1. The van der Waals surface area contributed by atoms with E-state index in [1.165, 1.54) is 7.11 Å². The number of unbranched alkanes of at least 4 members (excludes halogenated alkanes) is 1. The fraction of sp³-hybridized carbons (Fsp3) is 0.389. The van der Waals surface area contributed by atoms with Crippen LogP contribution in [0.15, 0.2) is 54.1 Å². The molecule has 114 valence electrons. The lowest BCUT2D eigenvalue weighted by Gasteiger charge is -2.16. The lowest BCUT2D eigenvalue weighted by Crippen LogP contribution is -2.15. The maximum Gasteiger partial charge on any atom is 0.313 e. The highest BCUT2D eigenvalue weighted by atomic mass is 16.5. The summed E-state index contributed by atoms with van der Waals surface area (Å²) in [5.41, 5.74) is 1.99. The molecular weight excluding hydrogens is 264 g/mol. The van der Waals surface area contributed by atoms with Crippen LogP contribution in [0.4, 0.5) is 0 Å². The highest BCUT2D eigenvalue weighted by molar-refractivity contribution is 5.78. The molecular formula is C18H24O3. The SMILES string of the molecule is CCC/C=C(\C=C/CO)CC(C(=O)OC)c1ccccc1. The molecule has 0 heterocycles. The van der Waals surface area contributed by atoms with Crippen LogP contribution in [0.2, 0.25) is 0 Å². The van der Waals surface area contributed by atoms with E-state index in [2.05, 4.69) is 13.0 Å². The van der Waals surface area contributed by atoms with Crippen molar-refractivity contribution in [3.05, 3.63) is 59.7 Å². The molecule has 0 saturated carbocycles. The molecule has 0 aliphatic heterocycles. The van der Waals surface area contributed by atoms with Gasteiger partial charge in [0.25, 0.3) is 0 Å². The number of carbonyl (C=O) groups is 1. The molecule has 0 bridgehead atoms. The first-order chi connectivity index (χ1) is 10.2. The Morgan fingerprint density at radius 1 is 1.33 bits per heavy atom. The first-order valence-electron chi connectivity index (χ1n) is 7.32. The quantitative estimate of drug-likeness (QED) is 0.587. The van der Waals surface area contributed by atoms with Crippen LogP contribution in [-0.2, 0) is 9.53 Å². The van der Waals surface area contributed by atoms with E-state index < -0.39 is 0 Å². The van der Waals surface area contributed by atoms with Crippen LogP contribution >= 0.6 is 0 Å². The largest absolute Gasteiger partial charge is 0.469 e. The van der Waals surface area contributed by atoms with Gasteiger partial charge in [-0.05, 0) is 18.4 Å². The van der Waals surface area contributed by atoms with Gasteiger partial charge in [-0.25, -0.2) is 0 Å². The Kier molecular flexibility index (Phi) is 8.14. The van der Waals surface area contributed by atoms with Gasteiger partial charge < -0.3 is 9.84 Å². The number of aliphatic hydroxyl groups excluding tert-OH is 1. The van der Waals surface area contributed by atoms with Gasteiger partial charge >= 0.3 is 5.97 Å². The fourth-order valence-electron chi connectivity index (χ4n) is 2.15. The molecule has 3 heteroatoms. The summed E-state index contributed by atoms with van der Waals surface area (Å²) >= 11 is 0. The maximum atomic E-state index is 12.1. The smallest absolute Gasteiger partial charge is 0.313 e. The van der Waals surface area contributed by atoms with Gasteiger partial charge in [0, 0.05) is 0 Å². The molecule has 0 saturated heterocycles. The van der Waals surface area contributed by atoms with Crippen LogP contribution in [0.25, 0.3) is 0 Å². The van der Waals surface area contributed by atoms with Crippen LogP contribution in [-0.4, -0.2) is 24.8 Å². The number of hydrogen-bond donors (Lipinski definition) is 1. The molecule has 1 aromatic carbocycles. The standard InChI is InChI=1S/C18H24O3/c1-3-4-9-15(10-8-13-19)14-17(18(20)21-2)16-11-6-5-7-12-16/h5-12,17,19H,3-4,13-14H2,1-2H3/b10-8-,15-9+. The highest BCUT2D eigenvalue weighted by Gasteiger charge is 2.21. The van der Waals surface area contributed by atoms with E-state index in [1.807, 2.05) is 36.4 Å². The van der Waals surface area contributed by atoms with E-state index in [0.717, 1.165) is 24.0 Å². The third-order valence-corrected chi connectivity index (χ3v) is 3.26. The Bertz CT molecular complexity index is 474. The summed E-state index contributed by atoms with van der Waals surface area (Å²) in [6.07, 6.45) is 8.27. The number of hydrogen-bond acceptors (Lipinski definition) is 3. The second kappa shape index (κ2) is 9.94.